The van der Waals surface area contributed by atoms with Crippen LogP contribution in [-0.2, 0) is 6.54 Å². The van der Waals surface area contributed by atoms with Crippen LogP contribution in [0.1, 0.15) is 33.6 Å². The van der Waals surface area contributed by atoms with Gasteiger partial charge in [0.15, 0.2) is 11.2 Å². The van der Waals surface area contributed by atoms with Crippen LogP contribution in [0, 0.1) is 5.41 Å². The minimum absolute atomic E-state index is 0.145. The third kappa shape index (κ3) is 3.23. The molecule has 0 aliphatic carbocycles. The first-order chi connectivity index (χ1) is 12.9. The first-order valence-electron chi connectivity index (χ1n) is 9.38. The number of fused-ring (bicyclic) bond motifs is 1. The Kier molecular flexibility index (Phi) is 4.46. The number of rotatable bonds is 3. The molecule has 27 heavy (non-hydrogen) atoms. The molecule has 7 heteroatoms. The highest BCUT2D eigenvalue weighted by Crippen LogP contribution is 2.32. The topological polar surface area (TPSA) is 56.0 Å². The zero-order chi connectivity index (χ0) is 19.2. The molecule has 0 unspecified atom stereocenters. The Morgan fingerprint density at radius 2 is 1.96 bits per heavy atom. The van der Waals surface area contributed by atoms with E-state index in [2.05, 4.69) is 23.7 Å². The molecule has 0 N–H and O–H groups in total. The van der Waals surface area contributed by atoms with Gasteiger partial charge in [-0.3, -0.25) is 4.79 Å². The summed E-state index contributed by atoms with van der Waals surface area (Å²) in [6.45, 7) is 9.02. The lowest BCUT2D eigenvalue weighted by molar-refractivity contribution is 0.290. The van der Waals surface area contributed by atoms with Crippen molar-refractivity contribution in [1.82, 2.24) is 19.1 Å². The summed E-state index contributed by atoms with van der Waals surface area (Å²) in [5.41, 5.74) is 1.83. The normalized spacial score (nSPS) is 16.8. The lowest BCUT2D eigenvalue weighted by Gasteiger charge is -2.39. The van der Waals surface area contributed by atoms with Gasteiger partial charge in [-0.05, 0) is 49.4 Å². The van der Waals surface area contributed by atoms with E-state index in [1.54, 1.807) is 23.0 Å². The van der Waals surface area contributed by atoms with Gasteiger partial charge in [0.1, 0.15) is 0 Å². The van der Waals surface area contributed by atoms with Crippen LogP contribution in [0.25, 0.3) is 16.9 Å². The van der Waals surface area contributed by atoms with E-state index >= 15 is 0 Å². The fraction of sp³-hybridized carbons (Fsp3) is 0.450. The van der Waals surface area contributed by atoms with Gasteiger partial charge in [-0.2, -0.15) is 4.98 Å². The number of aromatic nitrogens is 4. The number of nitrogens with zero attached hydrogens (tertiary/aromatic N) is 5. The van der Waals surface area contributed by atoms with Gasteiger partial charge >= 0.3 is 0 Å². The number of anilines is 1. The number of aryl methyl sites for hydroxylation is 1. The Labute approximate surface area is 163 Å². The van der Waals surface area contributed by atoms with Gasteiger partial charge in [0.2, 0.25) is 5.95 Å². The molecule has 4 rings (SSSR count). The first kappa shape index (κ1) is 18.0. The average Bonchev–Trinajstić information content (AvgIpc) is 3.05. The smallest absolute Gasteiger partial charge is 0.287 e. The summed E-state index contributed by atoms with van der Waals surface area (Å²) in [5.74, 6) is 0.679. The quantitative estimate of drug-likeness (QED) is 0.686. The summed E-state index contributed by atoms with van der Waals surface area (Å²) < 4.78 is 3.59. The van der Waals surface area contributed by atoms with Crippen LogP contribution in [0.3, 0.4) is 0 Å². The molecule has 0 atom stereocenters. The van der Waals surface area contributed by atoms with Crippen molar-refractivity contribution < 1.29 is 0 Å². The highest BCUT2D eigenvalue weighted by molar-refractivity contribution is 6.30. The number of halogens is 1. The van der Waals surface area contributed by atoms with Crippen LogP contribution in [0.5, 0.6) is 0 Å². The van der Waals surface area contributed by atoms with Gasteiger partial charge in [0, 0.05) is 24.7 Å². The second-order valence-corrected chi connectivity index (χ2v) is 8.36. The van der Waals surface area contributed by atoms with E-state index in [9.17, 15) is 4.79 Å². The van der Waals surface area contributed by atoms with Crippen LogP contribution >= 0.6 is 11.6 Å². The first-order valence-corrected chi connectivity index (χ1v) is 9.76. The Morgan fingerprint density at radius 1 is 1.22 bits per heavy atom. The summed E-state index contributed by atoms with van der Waals surface area (Å²) in [7, 11) is 0. The molecule has 3 heterocycles. The van der Waals surface area contributed by atoms with Crippen molar-refractivity contribution in [3.8, 4) is 5.69 Å². The molecular formula is C20H24ClN5O. The van der Waals surface area contributed by atoms with E-state index in [0.717, 1.165) is 31.7 Å². The highest BCUT2D eigenvalue weighted by Gasteiger charge is 2.30. The monoisotopic (exact) mass is 385 g/mol. The fourth-order valence-electron chi connectivity index (χ4n) is 3.85. The summed E-state index contributed by atoms with van der Waals surface area (Å²) in [4.78, 5) is 24.8. The molecule has 0 bridgehead atoms. The second kappa shape index (κ2) is 6.68. The number of hydrogen-bond acceptors (Lipinski definition) is 4. The molecule has 0 spiro atoms. The van der Waals surface area contributed by atoms with Crippen LogP contribution < -0.4 is 10.5 Å². The van der Waals surface area contributed by atoms with Gasteiger partial charge in [0.05, 0.1) is 12.0 Å². The molecule has 1 aliphatic heterocycles. The number of benzene rings is 1. The number of hydrogen-bond donors (Lipinski definition) is 0. The summed E-state index contributed by atoms with van der Waals surface area (Å²) in [5, 5.41) is 0.636. The highest BCUT2D eigenvalue weighted by atomic mass is 35.5. The van der Waals surface area contributed by atoms with E-state index in [4.69, 9.17) is 16.6 Å². The Balaban J connectivity index is 1.97. The summed E-state index contributed by atoms with van der Waals surface area (Å²) in [6, 6.07) is 7.30. The SMILES string of the molecule is CCn1cnc2c(=O)n(-c3ccc(Cl)cc3)c(N3CCCC(C)(C)C3)nc21. The lowest BCUT2D eigenvalue weighted by atomic mass is 9.84. The van der Waals surface area contributed by atoms with Crippen molar-refractivity contribution in [2.75, 3.05) is 18.0 Å². The van der Waals surface area contributed by atoms with Crippen LogP contribution in [0.15, 0.2) is 35.4 Å². The van der Waals surface area contributed by atoms with Gasteiger partial charge in [-0.25, -0.2) is 9.55 Å². The Bertz CT molecular complexity index is 1030. The molecule has 1 aliphatic rings. The van der Waals surface area contributed by atoms with Crippen molar-refractivity contribution in [3.05, 3.63) is 46.0 Å². The lowest BCUT2D eigenvalue weighted by Crippen LogP contribution is -2.43. The zero-order valence-electron chi connectivity index (χ0n) is 15.9. The second-order valence-electron chi connectivity index (χ2n) is 7.92. The van der Waals surface area contributed by atoms with Gasteiger partial charge in [0.25, 0.3) is 5.56 Å². The van der Waals surface area contributed by atoms with E-state index in [1.165, 1.54) is 6.42 Å². The predicted octanol–water partition coefficient (Wildman–Crippen LogP) is 3.88. The molecule has 0 saturated carbocycles. The van der Waals surface area contributed by atoms with Crippen molar-refractivity contribution in [1.29, 1.82) is 0 Å². The molecule has 3 aromatic rings. The number of piperidine rings is 1. The Hall–Kier alpha value is -2.34. The summed E-state index contributed by atoms with van der Waals surface area (Å²) >= 11 is 6.05. The average molecular weight is 386 g/mol. The van der Waals surface area contributed by atoms with Crippen LogP contribution in [0.2, 0.25) is 5.02 Å². The van der Waals surface area contributed by atoms with Crippen LogP contribution in [-0.4, -0.2) is 32.2 Å². The molecule has 1 fully saturated rings. The van der Waals surface area contributed by atoms with E-state index in [0.29, 0.717) is 22.1 Å². The molecule has 1 aromatic carbocycles. The maximum atomic E-state index is 13.4. The van der Waals surface area contributed by atoms with Crippen molar-refractivity contribution in [2.24, 2.45) is 5.41 Å². The molecule has 0 radical (unpaired) electrons. The third-order valence-corrected chi connectivity index (χ3v) is 5.48. The minimum Gasteiger partial charge on any atom is -0.341 e. The maximum absolute atomic E-state index is 13.4. The largest absolute Gasteiger partial charge is 0.341 e. The standard InChI is InChI=1S/C20H24ClN5O/c1-4-24-13-22-16-17(24)23-19(25-11-5-10-20(2,3)12-25)26(18(16)27)15-8-6-14(21)7-9-15/h6-9,13H,4-5,10-12H2,1-3H3. The third-order valence-electron chi connectivity index (χ3n) is 5.23. The summed E-state index contributed by atoms with van der Waals surface area (Å²) in [6.07, 6.45) is 3.94. The Morgan fingerprint density at radius 3 is 2.63 bits per heavy atom. The van der Waals surface area contributed by atoms with Crippen molar-refractivity contribution >= 4 is 28.7 Å². The molecule has 6 nitrogen and oxygen atoms in total. The molecular weight excluding hydrogens is 362 g/mol. The predicted molar refractivity (Wildman–Crippen MR) is 109 cm³/mol. The molecule has 1 saturated heterocycles. The molecule has 2 aromatic heterocycles. The van der Waals surface area contributed by atoms with Gasteiger partial charge in [-0.15, -0.1) is 0 Å². The number of imidazole rings is 1. The van der Waals surface area contributed by atoms with Gasteiger partial charge in [-0.1, -0.05) is 25.4 Å². The molecule has 0 amide bonds. The van der Waals surface area contributed by atoms with E-state index in [1.807, 2.05) is 23.6 Å². The van der Waals surface area contributed by atoms with Gasteiger partial charge < -0.3 is 9.47 Å². The van der Waals surface area contributed by atoms with Crippen molar-refractivity contribution in [2.45, 2.75) is 40.2 Å². The van der Waals surface area contributed by atoms with Crippen LogP contribution in [0.4, 0.5) is 5.95 Å². The minimum atomic E-state index is -0.145. The fourth-order valence-corrected chi connectivity index (χ4v) is 3.97. The van der Waals surface area contributed by atoms with E-state index < -0.39 is 0 Å². The maximum Gasteiger partial charge on any atom is 0.287 e. The zero-order valence-corrected chi connectivity index (χ0v) is 16.7. The molecule has 142 valence electrons. The van der Waals surface area contributed by atoms with E-state index in [-0.39, 0.29) is 11.0 Å². The van der Waals surface area contributed by atoms with Crippen molar-refractivity contribution in [3.63, 3.8) is 0 Å².